The molecule has 22 heavy (non-hydrogen) atoms. The predicted octanol–water partition coefficient (Wildman–Crippen LogP) is 2.13. The van der Waals surface area contributed by atoms with Crippen LogP contribution in [0.5, 0.6) is 0 Å². The molecule has 0 bridgehead atoms. The third-order valence-electron chi connectivity index (χ3n) is 3.56. The van der Waals surface area contributed by atoms with Crippen LogP contribution in [0, 0.1) is 0 Å². The van der Waals surface area contributed by atoms with E-state index in [1.165, 1.54) is 0 Å². The molecule has 1 unspecified atom stereocenters. The second-order valence-electron chi connectivity index (χ2n) is 5.14. The van der Waals surface area contributed by atoms with Crippen molar-refractivity contribution >= 4 is 23.2 Å². The molecule has 0 spiro atoms. The van der Waals surface area contributed by atoms with E-state index in [0.29, 0.717) is 12.8 Å². The van der Waals surface area contributed by atoms with Crippen molar-refractivity contribution in [2.45, 2.75) is 18.9 Å². The van der Waals surface area contributed by atoms with Gasteiger partial charge in [-0.15, -0.1) is 0 Å². The highest BCUT2D eigenvalue weighted by Crippen LogP contribution is 2.22. The molecule has 112 valence electrons. The van der Waals surface area contributed by atoms with E-state index in [0.717, 1.165) is 11.4 Å². The second-order valence-corrected chi connectivity index (χ2v) is 5.14. The fourth-order valence-corrected chi connectivity index (χ4v) is 2.43. The monoisotopic (exact) mass is 295 g/mol. The number of benzene rings is 2. The van der Waals surface area contributed by atoms with E-state index in [2.05, 4.69) is 10.7 Å². The summed E-state index contributed by atoms with van der Waals surface area (Å²) in [7, 11) is 0. The Morgan fingerprint density at radius 1 is 1.00 bits per heavy atom. The van der Waals surface area contributed by atoms with Crippen LogP contribution in [0.25, 0.3) is 0 Å². The summed E-state index contributed by atoms with van der Waals surface area (Å²) in [4.78, 5) is 23.7. The number of nitrogens with zero attached hydrogens (tertiary/aromatic N) is 1. The van der Waals surface area contributed by atoms with Crippen LogP contribution in [0.3, 0.4) is 0 Å². The molecule has 1 fully saturated rings. The van der Waals surface area contributed by atoms with Crippen LogP contribution in [0.4, 0.5) is 11.4 Å². The van der Waals surface area contributed by atoms with E-state index in [1.807, 2.05) is 60.7 Å². The molecule has 0 radical (unpaired) electrons. The van der Waals surface area contributed by atoms with Gasteiger partial charge in [-0.05, 0) is 30.7 Å². The van der Waals surface area contributed by atoms with Gasteiger partial charge < -0.3 is 5.32 Å². The van der Waals surface area contributed by atoms with E-state index < -0.39 is 6.04 Å². The Kier molecular flexibility index (Phi) is 4.05. The fourth-order valence-electron chi connectivity index (χ4n) is 2.43. The van der Waals surface area contributed by atoms with Gasteiger partial charge in [0, 0.05) is 6.42 Å². The van der Waals surface area contributed by atoms with Crippen LogP contribution < -0.4 is 15.8 Å². The summed E-state index contributed by atoms with van der Waals surface area (Å²) in [6.07, 6.45) is 0.927. The van der Waals surface area contributed by atoms with Crippen LogP contribution in [-0.2, 0) is 9.59 Å². The largest absolute Gasteiger partial charge is 0.344 e. The van der Waals surface area contributed by atoms with Gasteiger partial charge in [-0.1, -0.05) is 36.4 Å². The Labute approximate surface area is 128 Å². The van der Waals surface area contributed by atoms with E-state index in [-0.39, 0.29) is 11.8 Å². The molecule has 2 N–H and O–H groups in total. The third-order valence-corrected chi connectivity index (χ3v) is 3.56. The van der Waals surface area contributed by atoms with Gasteiger partial charge in [-0.3, -0.25) is 20.0 Å². The van der Waals surface area contributed by atoms with Gasteiger partial charge in [0.1, 0.15) is 6.04 Å². The first-order valence-electron chi connectivity index (χ1n) is 7.24. The van der Waals surface area contributed by atoms with Crippen molar-refractivity contribution in [1.29, 1.82) is 0 Å². The molecule has 0 saturated carbocycles. The van der Waals surface area contributed by atoms with Crippen molar-refractivity contribution < 1.29 is 9.59 Å². The van der Waals surface area contributed by atoms with Gasteiger partial charge in [0.05, 0.1) is 11.4 Å². The van der Waals surface area contributed by atoms with Crippen LogP contribution >= 0.6 is 0 Å². The van der Waals surface area contributed by atoms with Gasteiger partial charge in [0.25, 0.3) is 5.91 Å². The topological polar surface area (TPSA) is 61.4 Å². The molecule has 3 rings (SSSR count). The standard InChI is InChI=1S/C17H17N3O2/c21-16-12-11-15(18-16)17(22)19-20(13-7-3-1-4-8-13)14-9-5-2-6-10-14/h1-10,15H,11-12H2,(H,18,21)(H,19,22). The minimum Gasteiger partial charge on any atom is -0.344 e. The van der Waals surface area contributed by atoms with E-state index in [4.69, 9.17) is 0 Å². The number of para-hydroxylation sites is 2. The van der Waals surface area contributed by atoms with Crippen LogP contribution in [-0.4, -0.2) is 17.9 Å². The average Bonchev–Trinajstić information content (AvgIpc) is 3.01. The molecule has 2 aromatic carbocycles. The number of anilines is 2. The van der Waals surface area contributed by atoms with E-state index in [9.17, 15) is 9.59 Å². The Balaban J connectivity index is 1.83. The maximum atomic E-state index is 12.4. The maximum absolute atomic E-state index is 12.4. The Hall–Kier alpha value is -2.82. The van der Waals surface area contributed by atoms with Crippen molar-refractivity contribution in [3.8, 4) is 0 Å². The quantitative estimate of drug-likeness (QED) is 0.850. The summed E-state index contributed by atoms with van der Waals surface area (Å²) in [5, 5.41) is 4.41. The number of amides is 2. The molecule has 5 nitrogen and oxygen atoms in total. The predicted molar refractivity (Wildman–Crippen MR) is 84.3 cm³/mol. The SMILES string of the molecule is O=C1CCC(C(=O)NN(c2ccccc2)c2ccccc2)N1. The number of carbonyl (C=O) groups is 2. The zero-order valence-corrected chi connectivity index (χ0v) is 12.0. The lowest BCUT2D eigenvalue weighted by Crippen LogP contribution is -2.48. The molecule has 2 aromatic rings. The first-order chi connectivity index (χ1) is 10.7. The molecule has 1 saturated heterocycles. The molecule has 1 heterocycles. The molecule has 1 aliphatic rings. The van der Waals surface area contributed by atoms with Crippen LogP contribution in [0.15, 0.2) is 60.7 Å². The van der Waals surface area contributed by atoms with Crippen LogP contribution in [0.1, 0.15) is 12.8 Å². The van der Waals surface area contributed by atoms with Gasteiger partial charge >= 0.3 is 0 Å². The van der Waals surface area contributed by atoms with Gasteiger partial charge in [0.2, 0.25) is 5.91 Å². The van der Waals surface area contributed by atoms with Gasteiger partial charge in [-0.25, -0.2) is 0 Å². The normalized spacial score (nSPS) is 16.9. The number of carbonyl (C=O) groups excluding carboxylic acids is 2. The summed E-state index contributed by atoms with van der Waals surface area (Å²) in [5.41, 5.74) is 4.60. The van der Waals surface area contributed by atoms with Crippen molar-refractivity contribution in [2.75, 3.05) is 5.01 Å². The Bertz CT molecular complexity index is 619. The molecule has 2 amide bonds. The van der Waals surface area contributed by atoms with Gasteiger partial charge in [0.15, 0.2) is 0 Å². The highest BCUT2D eigenvalue weighted by Gasteiger charge is 2.28. The lowest BCUT2D eigenvalue weighted by molar-refractivity contribution is -0.125. The summed E-state index contributed by atoms with van der Waals surface area (Å²) in [6, 6.07) is 18.7. The maximum Gasteiger partial charge on any atom is 0.261 e. The smallest absolute Gasteiger partial charge is 0.261 e. The minimum absolute atomic E-state index is 0.0777. The number of hydrazine groups is 1. The molecule has 1 aliphatic heterocycles. The van der Waals surface area contributed by atoms with Crippen molar-refractivity contribution in [2.24, 2.45) is 0 Å². The summed E-state index contributed by atoms with van der Waals surface area (Å²) < 4.78 is 0. The molecular formula is C17H17N3O2. The summed E-state index contributed by atoms with van der Waals surface area (Å²) in [5.74, 6) is -0.287. The number of hydrogen-bond acceptors (Lipinski definition) is 3. The van der Waals surface area contributed by atoms with Gasteiger partial charge in [-0.2, -0.15) is 0 Å². The van der Waals surface area contributed by atoms with Crippen molar-refractivity contribution in [3.63, 3.8) is 0 Å². The van der Waals surface area contributed by atoms with Crippen LogP contribution in [0.2, 0.25) is 0 Å². The number of hydrogen-bond donors (Lipinski definition) is 2. The number of rotatable bonds is 4. The van der Waals surface area contributed by atoms with Crippen molar-refractivity contribution in [3.05, 3.63) is 60.7 Å². The summed E-state index contributed by atoms with van der Waals surface area (Å²) >= 11 is 0. The highest BCUT2D eigenvalue weighted by atomic mass is 16.2. The molecule has 0 aromatic heterocycles. The molecule has 5 heteroatoms. The Morgan fingerprint density at radius 2 is 1.55 bits per heavy atom. The van der Waals surface area contributed by atoms with E-state index in [1.54, 1.807) is 5.01 Å². The minimum atomic E-state index is -0.470. The van der Waals surface area contributed by atoms with Crippen molar-refractivity contribution in [1.82, 2.24) is 10.7 Å². The van der Waals surface area contributed by atoms with E-state index >= 15 is 0 Å². The summed E-state index contributed by atoms with van der Waals surface area (Å²) in [6.45, 7) is 0. The molecule has 1 atom stereocenters. The Morgan fingerprint density at radius 3 is 2.00 bits per heavy atom. The zero-order chi connectivity index (χ0) is 15.4. The first-order valence-corrected chi connectivity index (χ1v) is 7.24. The molecular weight excluding hydrogens is 278 g/mol. The fraction of sp³-hybridized carbons (Fsp3) is 0.176. The lowest BCUT2D eigenvalue weighted by Gasteiger charge is -2.26. The molecule has 0 aliphatic carbocycles. The third kappa shape index (κ3) is 3.09. The second kappa shape index (κ2) is 6.30. The zero-order valence-electron chi connectivity index (χ0n) is 12.0. The first kappa shape index (κ1) is 14.1. The lowest BCUT2D eigenvalue weighted by atomic mass is 10.2. The average molecular weight is 295 g/mol. The highest BCUT2D eigenvalue weighted by molar-refractivity contribution is 5.92. The number of nitrogens with one attached hydrogen (secondary N) is 2.